The Kier molecular flexibility index (Phi) is 5.82. The smallest absolute Gasteiger partial charge is 0.0541 e. The lowest BCUT2D eigenvalue weighted by molar-refractivity contribution is 1.18. The lowest BCUT2D eigenvalue weighted by atomic mass is 10.0. The van der Waals surface area contributed by atoms with Crippen LogP contribution in [0.15, 0.2) is 170 Å². The molecule has 0 fully saturated rings. The number of fused-ring (bicyclic) bond motifs is 4. The predicted octanol–water partition coefficient (Wildman–Crippen LogP) is 11.1. The van der Waals surface area contributed by atoms with Gasteiger partial charge in [0.25, 0.3) is 0 Å². The van der Waals surface area contributed by atoms with E-state index in [4.69, 9.17) is 0 Å². The number of hydrogen-bond donors (Lipinski definition) is 0. The molecule has 42 heavy (non-hydrogen) atoms. The summed E-state index contributed by atoms with van der Waals surface area (Å²) in [6, 6.07) is 60.8. The molecule has 0 amide bonds. The second-order valence-corrected chi connectivity index (χ2v) is 10.6. The number of para-hydroxylation sites is 3. The van der Waals surface area contributed by atoms with E-state index in [1.54, 1.807) is 0 Å². The monoisotopic (exact) mass is 536 g/mol. The lowest BCUT2D eigenvalue weighted by Crippen LogP contribution is -2.10. The Labute approximate surface area is 245 Å². The molecule has 0 atom stereocenters. The molecule has 0 N–H and O–H groups in total. The van der Waals surface area contributed by atoms with Crippen molar-refractivity contribution in [3.05, 3.63) is 170 Å². The molecule has 8 aromatic rings. The second-order valence-electron chi connectivity index (χ2n) is 10.6. The van der Waals surface area contributed by atoms with Crippen molar-refractivity contribution in [3.63, 3.8) is 0 Å². The van der Waals surface area contributed by atoms with E-state index in [1.807, 2.05) is 0 Å². The minimum absolute atomic E-state index is 1.13. The van der Waals surface area contributed by atoms with Crippen LogP contribution in [-0.4, -0.2) is 4.57 Å². The van der Waals surface area contributed by atoms with Crippen LogP contribution in [0.4, 0.5) is 17.1 Å². The molecule has 1 heterocycles. The zero-order valence-corrected chi connectivity index (χ0v) is 23.1. The van der Waals surface area contributed by atoms with Crippen molar-refractivity contribution in [2.24, 2.45) is 0 Å². The number of aromatic nitrogens is 1. The predicted molar refractivity (Wildman–Crippen MR) is 178 cm³/mol. The molecule has 198 valence electrons. The van der Waals surface area contributed by atoms with Crippen molar-refractivity contribution in [3.8, 4) is 16.8 Å². The Morgan fingerprint density at radius 2 is 0.857 bits per heavy atom. The maximum absolute atomic E-state index is 2.36. The summed E-state index contributed by atoms with van der Waals surface area (Å²) in [4.78, 5) is 2.34. The first-order chi connectivity index (χ1) is 20.8. The maximum Gasteiger partial charge on any atom is 0.0541 e. The molecule has 7 aromatic carbocycles. The molecule has 8 rings (SSSR count). The number of benzene rings is 7. The summed E-state index contributed by atoms with van der Waals surface area (Å²) in [5.74, 6) is 0. The summed E-state index contributed by atoms with van der Waals surface area (Å²) >= 11 is 0. The Morgan fingerprint density at radius 1 is 0.357 bits per heavy atom. The van der Waals surface area contributed by atoms with Crippen LogP contribution in [0, 0.1) is 0 Å². The van der Waals surface area contributed by atoms with Gasteiger partial charge in [-0.05, 0) is 71.1 Å². The summed E-state index contributed by atoms with van der Waals surface area (Å²) < 4.78 is 2.36. The summed E-state index contributed by atoms with van der Waals surface area (Å²) in [6.45, 7) is 0. The highest BCUT2D eigenvalue weighted by atomic mass is 15.1. The number of anilines is 3. The molecular weight excluding hydrogens is 508 g/mol. The highest BCUT2D eigenvalue weighted by molar-refractivity contribution is 6.09. The fourth-order valence-corrected chi connectivity index (χ4v) is 6.21. The van der Waals surface area contributed by atoms with Gasteiger partial charge in [0.1, 0.15) is 0 Å². The fourth-order valence-electron chi connectivity index (χ4n) is 6.21. The molecule has 0 unspecified atom stereocenters. The summed E-state index contributed by atoms with van der Waals surface area (Å²) in [5, 5.41) is 5.02. The summed E-state index contributed by atoms with van der Waals surface area (Å²) in [7, 11) is 0. The van der Waals surface area contributed by atoms with Gasteiger partial charge < -0.3 is 9.47 Å². The van der Waals surface area contributed by atoms with E-state index < -0.39 is 0 Å². The van der Waals surface area contributed by atoms with E-state index in [9.17, 15) is 0 Å². The van der Waals surface area contributed by atoms with Crippen molar-refractivity contribution < 1.29 is 0 Å². The van der Waals surface area contributed by atoms with Crippen molar-refractivity contribution in [2.75, 3.05) is 4.90 Å². The SMILES string of the molecule is c1ccc(N(c2ccc(-c3ccc(-n4c5ccccc5c5ccccc54)cc3)cc2)c2cccc3ccccc23)cc1. The normalized spacial score (nSPS) is 11.3. The molecule has 0 spiro atoms. The highest BCUT2D eigenvalue weighted by Crippen LogP contribution is 2.39. The van der Waals surface area contributed by atoms with Gasteiger partial charge in [-0.2, -0.15) is 0 Å². The Bertz CT molecular complexity index is 2110. The average Bonchev–Trinajstić information content (AvgIpc) is 3.40. The van der Waals surface area contributed by atoms with E-state index in [0.29, 0.717) is 0 Å². The molecule has 0 aliphatic carbocycles. The Hall–Kier alpha value is -5.60. The Morgan fingerprint density at radius 3 is 1.52 bits per heavy atom. The van der Waals surface area contributed by atoms with Crippen molar-refractivity contribution >= 4 is 49.6 Å². The largest absolute Gasteiger partial charge is 0.310 e. The molecule has 0 aliphatic heterocycles. The Balaban J connectivity index is 1.17. The number of rotatable bonds is 5. The van der Waals surface area contributed by atoms with Crippen LogP contribution in [0.5, 0.6) is 0 Å². The van der Waals surface area contributed by atoms with Gasteiger partial charge in [-0.1, -0.05) is 115 Å². The van der Waals surface area contributed by atoms with Gasteiger partial charge in [-0.3, -0.25) is 0 Å². The van der Waals surface area contributed by atoms with E-state index in [1.165, 1.54) is 55.1 Å². The quantitative estimate of drug-likeness (QED) is 0.212. The average molecular weight is 537 g/mol. The van der Waals surface area contributed by atoms with Gasteiger partial charge in [0.2, 0.25) is 0 Å². The minimum atomic E-state index is 1.13. The van der Waals surface area contributed by atoms with Crippen LogP contribution in [0.3, 0.4) is 0 Å². The molecule has 2 heteroatoms. The van der Waals surface area contributed by atoms with Crippen LogP contribution in [0.2, 0.25) is 0 Å². The third-order valence-corrected chi connectivity index (χ3v) is 8.19. The zero-order chi connectivity index (χ0) is 27.9. The van der Waals surface area contributed by atoms with Crippen molar-refractivity contribution in [1.29, 1.82) is 0 Å². The molecule has 0 aliphatic rings. The van der Waals surface area contributed by atoms with E-state index in [0.717, 1.165) is 11.4 Å². The minimum Gasteiger partial charge on any atom is -0.310 e. The van der Waals surface area contributed by atoms with Crippen molar-refractivity contribution in [1.82, 2.24) is 4.57 Å². The molecule has 0 bridgehead atoms. The van der Waals surface area contributed by atoms with Crippen LogP contribution in [-0.2, 0) is 0 Å². The molecule has 0 radical (unpaired) electrons. The van der Waals surface area contributed by atoms with Gasteiger partial charge in [0, 0.05) is 33.2 Å². The van der Waals surface area contributed by atoms with E-state index >= 15 is 0 Å². The van der Waals surface area contributed by atoms with Crippen LogP contribution < -0.4 is 4.90 Å². The molecular formula is C40H28N2. The molecule has 2 nitrogen and oxygen atoms in total. The van der Waals surface area contributed by atoms with Gasteiger partial charge >= 0.3 is 0 Å². The third-order valence-electron chi connectivity index (χ3n) is 8.19. The van der Waals surface area contributed by atoms with Gasteiger partial charge in [0.05, 0.1) is 16.7 Å². The molecule has 0 saturated heterocycles. The van der Waals surface area contributed by atoms with E-state index in [2.05, 4.69) is 179 Å². The standard InChI is InChI=1S/C40H28N2/c1-2-13-32(14-3-1)41(38-20-10-12-31-11-4-5-15-35(31)38)33-25-21-29(22-26-33)30-23-27-34(28-24-30)42-39-18-8-6-16-36(39)37-17-7-9-19-40(37)42/h1-28H. The van der Waals surface area contributed by atoms with Crippen molar-refractivity contribution in [2.45, 2.75) is 0 Å². The summed E-state index contributed by atoms with van der Waals surface area (Å²) in [5.41, 5.74) is 9.44. The van der Waals surface area contributed by atoms with Crippen LogP contribution in [0.1, 0.15) is 0 Å². The van der Waals surface area contributed by atoms with Gasteiger partial charge in [-0.15, -0.1) is 0 Å². The first-order valence-corrected chi connectivity index (χ1v) is 14.4. The summed E-state index contributed by atoms with van der Waals surface area (Å²) in [6.07, 6.45) is 0. The number of hydrogen-bond acceptors (Lipinski definition) is 1. The van der Waals surface area contributed by atoms with Gasteiger partial charge in [-0.25, -0.2) is 0 Å². The van der Waals surface area contributed by atoms with Crippen LogP contribution >= 0.6 is 0 Å². The first kappa shape index (κ1) is 24.2. The number of nitrogens with zero attached hydrogens (tertiary/aromatic N) is 2. The van der Waals surface area contributed by atoms with Crippen LogP contribution in [0.25, 0.3) is 49.4 Å². The van der Waals surface area contributed by atoms with Gasteiger partial charge in [0.15, 0.2) is 0 Å². The topological polar surface area (TPSA) is 8.17 Å². The molecule has 0 saturated carbocycles. The zero-order valence-electron chi connectivity index (χ0n) is 23.1. The maximum atomic E-state index is 2.36. The second kappa shape index (κ2) is 10.1. The third kappa shape index (κ3) is 4.05. The first-order valence-electron chi connectivity index (χ1n) is 14.4. The van der Waals surface area contributed by atoms with E-state index in [-0.39, 0.29) is 0 Å². The highest BCUT2D eigenvalue weighted by Gasteiger charge is 2.15. The lowest BCUT2D eigenvalue weighted by Gasteiger charge is -2.27. The molecule has 1 aromatic heterocycles. The fraction of sp³-hybridized carbons (Fsp3) is 0.